The van der Waals surface area contributed by atoms with E-state index in [4.69, 9.17) is 0 Å². The second kappa shape index (κ2) is 5.69. The highest BCUT2D eigenvalue weighted by Gasteiger charge is 2.07. The largest absolute Gasteiger partial charge is 0.379 e. The number of nitrogens with one attached hydrogen (secondary N) is 1. The number of aryl methyl sites for hydroxylation is 2. The quantitative estimate of drug-likeness (QED) is 0.797. The summed E-state index contributed by atoms with van der Waals surface area (Å²) >= 11 is 1.65. The molecular weight excluding hydrogens is 280 g/mol. The number of nitrogens with zero attached hydrogens (tertiary/aromatic N) is 3. The summed E-state index contributed by atoms with van der Waals surface area (Å²) < 4.78 is 1.80. The second-order valence-electron chi connectivity index (χ2n) is 5.15. The molecule has 0 unspecified atom stereocenters. The summed E-state index contributed by atoms with van der Waals surface area (Å²) in [7, 11) is 1.92. The molecule has 3 aromatic rings. The Morgan fingerprint density at radius 1 is 1.29 bits per heavy atom. The van der Waals surface area contributed by atoms with E-state index in [1.807, 2.05) is 19.4 Å². The Morgan fingerprint density at radius 3 is 2.90 bits per heavy atom. The van der Waals surface area contributed by atoms with Crippen LogP contribution in [0, 0.1) is 13.8 Å². The molecule has 0 saturated carbocycles. The highest BCUT2D eigenvalue weighted by molar-refractivity contribution is 7.13. The molecule has 0 aliphatic carbocycles. The molecule has 0 aliphatic rings. The minimum atomic E-state index is 0.737. The first-order chi connectivity index (χ1) is 10.1. The van der Waals surface area contributed by atoms with Gasteiger partial charge in [-0.05, 0) is 31.0 Å². The van der Waals surface area contributed by atoms with Gasteiger partial charge in [0.1, 0.15) is 5.01 Å². The Hall–Kier alpha value is -2.14. The molecule has 0 radical (unpaired) electrons. The van der Waals surface area contributed by atoms with Crippen LogP contribution in [0.1, 0.15) is 16.8 Å². The summed E-state index contributed by atoms with van der Waals surface area (Å²) in [6, 6.07) is 6.31. The SMILES string of the molecule is Cc1cccc(NCc2csc(-c3cnn(C)c3)n2)c1C. The highest BCUT2D eigenvalue weighted by Crippen LogP contribution is 2.24. The van der Waals surface area contributed by atoms with Crippen molar-refractivity contribution in [2.45, 2.75) is 20.4 Å². The summed E-state index contributed by atoms with van der Waals surface area (Å²) in [5, 5.41) is 10.8. The molecule has 0 bridgehead atoms. The van der Waals surface area contributed by atoms with Crippen molar-refractivity contribution in [2.24, 2.45) is 7.05 Å². The van der Waals surface area contributed by atoms with Crippen LogP contribution in [0.5, 0.6) is 0 Å². The van der Waals surface area contributed by atoms with Gasteiger partial charge in [0.25, 0.3) is 0 Å². The predicted molar refractivity (Wildman–Crippen MR) is 87.6 cm³/mol. The van der Waals surface area contributed by atoms with E-state index in [9.17, 15) is 0 Å². The monoisotopic (exact) mass is 298 g/mol. The normalized spacial score (nSPS) is 10.8. The number of hydrogen-bond acceptors (Lipinski definition) is 4. The third-order valence-corrected chi connectivity index (χ3v) is 4.51. The van der Waals surface area contributed by atoms with Gasteiger partial charge in [-0.25, -0.2) is 4.98 Å². The lowest BCUT2D eigenvalue weighted by Gasteiger charge is -2.10. The van der Waals surface area contributed by atoms with Crippen LogP contribution >= 0.6 is 11.3 Å². The second-order valence-corrected chi connectivity index (χ2v) is 6.01. The Balaban J connectivity index is 1.72. The molecule has 1 N–H and O–H groups in total. The first-order valence-electron chi connectivity index (χ1n) is 6.87. The summed E-state index contributed by atoms with van der Waals surface area (Å²) in [4.78, 5) is 4.66. The standard InChI is InChI=1S/C16H18N4S/c1-11-5-4-6-15(12(11)2)17-8-14-10-21-16(19-14)13-7-18-20(3)9-13/h4-7,9-10,17H,8H2,1-3H3. The number of anilines is 1. The molecule has 21 heavy (non-hydrogen) atoms. The van der Waals surface area contributed by atoms with Gasteiger partial charge in [-0.15, -0.1) is 11.3 Å². The van der Waals surface area contributed by atoms with Crippen molar-refractivity contribution in [3.8, 4) is 10.6 Å². The van der Waals surface area contributed by atoms with Crippen LogP contribution < -0.4 is 5.32 Å². The Kier molecular flexibility index (Phi) is 3.75. The summed E-state index contributed by atoms with van der Waals surface area (Å²) in [6.07, 6.45) is 3.83. The molecule has 0 fully saturated rings. The molecule has 0 saturated heterocycles. The molecular formula is C16H18N4S. The zero-order chi connectivity index (χ0) is 14.8. The van der Waals surface area contributed by atoms with Gasteiger partial charge in [-0.2, -0.15) is 5.10 Å². The fraction of sp³-hybridized carbons (Fsp3) is 0.250. The van der Waals surface area contributed by atoms with Crippen molar-refractivity contribution in [1.29, 1.82) is 0 Å². The zero-order valence-corrected chi connectivity index (χ0v) is 13.2. The topological polar surface area (TPSA) is 42.7 Å². The fourth-order valence-electron chi connectivity index (χ4n) is 2.18. The summed E-state index contributed by atoms with van der Waals surface area (Å²) in [5.41, 5.74) is 5.89. The highest BCUT2D eigenvalue weighted by atomic mass is 32.1. The van der Waals surface area contributed by atoms with Gasteiger partial charge < -0.3 is 5.32 Å². The average molecular weight is 298 g/mol. The zero-order valence-electron chi connectivity index (χ0n) is 12.4. The van der Waals surface area contributed by atoms with Crippen molar-refractivity contribution < 1.29 is 0 Å². The molecule has 0 spiro atoms. The maximum absolute atomic E-state index is 4.66. The van der Waals surface area contributed by atoms with E-state index in [1.165, 1.54) is 16.8 Å². The van der Waals surface area contributed by atoms with Gasteiger partial charge in [-0.1, -0.05) is 12.1 Å². The molecule has 2 aromatic heterocycles. The van der Waals surface area contributed by atoms with Crippen LogP contribution in [0.4, 0.5) is 5.69 Å². The number of rotatable bonds is 4. The van der Waals surface area contributed by atoms with Gasteiger partial charge in [0, 0.05) is 29.9 Å². The van der Waals surface area contributed by atoms with E-state index in [0.717, 1.165) is 22.8 Å². The van der Waals surface area contributed by atoms with E-state index in [1.54, 1.807) is 16.0 Å². The van der Waals surface area contributed by atoms with Crippen LogP contribution in [-0.2, 0) is 13.6 Å². The molecule has 2 heterocycles. The molecule has 1 aromatic carbocycles. The van der Waals surface area contributed by atoms with Crippen LogP contribution in [0.2, 0.25) is 0 Å². The van der Waals surface area contributed by atoms with Crippen molar-refractivity contribution in [3.05, 3.63) is 52.8 Å². The van der Waals surface area contributed by atoms with Gasteiger partial charge >= 0.3 is 0 Å². The van der Waals surface area contributed by atoms with E-state index >= 15 is 0 Å². The fourth-order valence-corrected chi connectivity index (χ4v) is 2.98. The number of hydrogen-bond donors (Lipinski definition) is 1. The molecule has 5 heteroatoms. The van der Waals surface area contributed by atoms with Crippen molar-refractivity contribution in [1.82, 2.24) is 14.8 Å². The summed E-state index contributed by atoms with van der Waals surface area (Å²) in [5.74, 6) is 0. The minimum absolute atomic E-state index is 0.737. The van der Waals surface area contributed by atoms with Crippen molar-refractivity contribution >= 4 is 17.0 Å². The Morgan fingerprint density at radius 2 is 2.14 bits per heavy atom. The van der Waals surface area contributed by atoms with Crippen LogP contribution in [0.3, 0.4) is 0 Å². The van der Waals surface area contributed by atoms with Crippen molar-refractivity contribution in [2.75, 3.05) is 5.32 Å². The van der Waals surface area contributed by atoms with E-state index < -0.39 is 0 Å². The maximum Gasteiger partial charge on any atom is 0.126 e. The molecule has 108 valence electrons. The van der Waals surface area contributed by atoms with Gasteiger partial charge in [0.15, 0.2) is 0 Å². The van der Waals surface area contributed by atoms with Gasteiger partial charge in [-0.3, -0.25) is 4.68 Å². The van der Waals surface area contributed by atoms with E-state index in [2.05, 4.69) is 52.8 Å². The van der Waals surface area contributed by atoms with Gasteiger partial charge in [0.2, 0.25) is 0 Å². The first kappa shape index (κ1) is 13.8. The van der Waals surface area contributed by atoms with Gasteiger partial charge in [0.05, 0.1) is 18.4 Å². The van der Waals surface area contributed by atoms with E-state index in [0.29, 0.717) is 0 Å². The molecule has 0 aliphatic heterocycles. The maximum atomic E-state index is 4.66. The molecule has 0 amide bonds. The lowest BCUT2D eigenvalue weighted by molar-refractivity contribution is 0.768. The third-order valence-electron chi connectivity index (χ3n) is 3.57. The number of benzene rings is 1. The Bertz CT molecular complexity index is 757. The Labute approximate surface area is 128 Å². The minimum Gasteiger partial charge on any atom is -0.379 e. The molecule has 0 atom stereocenters. The van der Waals surface area contributed by atoms with Crippen molar-refractivity contribution in [3.63, 3.8) is 0 Å². The van der Waals surface area contributed by atoms with Crippen LogP contribution in [0.15, 0.2) is 36.0 Å². The lowest BCUT2D eigenvalue weighted by Crippen LogP contribution is -2.02. The van der Waals surface area contributed by atoms with Crippen LogP contribution in [0.25, 0.3) is 10.6 Å². The lowest BCUT2D eigenvalue weighted by atomic mass is 10.1. The smallest absolute Gasteiger partial charge is 0.126 e. The first-order valence-corrected chi connectivity index (χ1v) is 7.75. The number of thiazole rings is 1. The third kappa shape index (κ3) is 2.97. The van der Waals surface area contributed by atoms with Crippen LogP contribution in [-0.4, -0.2) is 14.8 Å². The summed E-state index contributed by atoms with van der Waals surface area (Å²) in [6.45, 7) is 5.00. The average Bonchev–Trinajstić information content (AvgIpc) is 3.09. The predicted octanol–water partition coefficient (Wildman–Crippen LogP) is 3.77. The molecule has 4 nitrogen and oxygen atoms in total. The number of aromatic nitrogens is 3. The van der Waals surface area contributed by atoms with E-state index in [-0.39, 0.29) is 0 Å². The molecule has 3 rings (SSSR count).